The number of hydrogen-bond donors (Lipinski definition) is 0. The number of non-ortho nitro benzene ring substituents is 1. The van der Waals surface area contributed by atoms with Crippen molar-refractivity contribution in [1.82, 2.24) is 4.90 Å². The van der Waals surface area contributed by atoms with Crippen LogP contribution in [0.3, 0.4) is 0 Å². The highest BCUT2D eigenvalue weighted by molar-refractivity contribution is 8.18. The second-order valence-corrected chi connectivity index (χ2v) is 7.05. The lowest BCUT2D eigenvalue weighted by atomic mass is 10.1. The monoisotopic (exact) mass is 425 g/mol. The molecule has 0 atom stereocenters. The molecule has 0 aromatic heterocycles. The predicted molar refractivity (Wildman–Crippen MR) is 109 cm³/mol. The molecule has 1 aliphatic rings. The second-order valence-electron chi connectivity index (χ2n) is 6.05. The van der Waals surface area contributed by atoms with Crippen molar-refractivity contribution in [2.24, 2.45) is 0 Å². The quantitative estimate of drug-likeness (QED) is 0.373. The highest BCUT2D eigenvalue weighted by atomic mass is 32.2. The molecule has 2 aromatic rings. The van der Waals surface area contributed by atoms with Crippen molar-refractivity contribution in [1.29, 1.82) is 5.26 Å². The number of rotatable bonds is 7. The van der Waals surface area contributed by atoms with Crippen molar-refractivity contribution in [2.75, 3.05) is 13.7 Å². The fourth-order valence-electron chi connectivity index (χ4n) is 2.74. The van der Waals surface area contributed by atoms with Crippen LogP contribution in [0.25, 0.3) is 6.08 Å². The Bertz CT molecular complexity index is 1090. The normalized spacial score (nSPS) is 14.7. The van der Waals surface area contributed by atoms with Crippen LogP contribution in [0.5, 0.6) is 11.5 Å². The van der Waals surface area contributed by atoms with E-state index in [1.165, 1.54) is 25.3 Å². The molecule has 0 radical (unpaired) electrons. The van der Waals surface area contributed by atoms with Gasteiger partial charge in [0.05, 0.1) is 23.5 Å². The number of amides is 2. The summed E-state index contributed by atoms with van der Waals surface area (Å²) >= 11 is 0.787. The van der Waals surface area contributed by atoms with Crippen LogP contribution >= 0.6 is 11.8 Å². The topological polar surface area (TPSA) is 123 Å². The summed E-state index contributed by atoms with van der Waals surface area (Å²) in [6, 6.07) is 12.6. The summed E-state index contributed by atoms with van der Waals surface area (Å²) in [5.74, 6) is 0.282. The lowest BCUT2D eigenvalue weighted by Gasteiger charge is -2.12. The maximum atomic E-state index is 12.7. The Morgan fingerprint density at radius 3 is 2.73 bits per heavy atom. The second kappa shape index (κ2) is 9.11. The van der Waals surface area contributed by atoms with E-state index in [-0.39, 0.29) is 23.7 Å². The molecule has 0 unspecified atom stereocenters. The van der Waals surface area contributed by atoms with Gasteiger partial charge in [-0.15, -0.1) is 0 Å². The first-order valence-electron chi connectivity index (χ1n) is 8.59. The van der Waals surface area contributed by atoms with Crippen LogP contribution in [-0.4, -0.2) is 34.7 Å². The van der Waals surface area contributed by atoms with E-state index < -0.39 is 16.1 Å². The first-order chi connectivity index (χ1) is 14.4. The molecular formula is C20H15N3O6S. The molecule has 0 aliphatic carbocycles. The van der Waals surface area contributed by atoms with Gasteiger partial charge < -0.3 is 9.47 Å². The van der Waals surface area contributed by atoms with Gasteiger partial charge in [0.1, 0.15) is 6.07 Å². The first kappa shape index (κ1) is 20.9. The van der Waals surface area contributed by atoms with Crippen molar-refractivity contribution in [3.63, 3.8) is 0 Å². The number of thioether (sulfide) groups is 1. The Morgan fingerprint density at radius 1 is 1.23 bits per heavy atom. The minimum Gasteiger partial charge on any atom is -0.493 e. The van der Waals surface area contributed by atoms with Crippen LogP contribution in [0.15, 0.2) is 47.4 Å². The smallest absolute Gasteiger partial charge is 0.293 e. The van der Waals surface area contributed by atoms with Crippen molar-refractivity contribution in [3.05, 3.63) is 68.6 Å². The number of hydrogen-bond acceptors (Lipinski definition) is 8. The number of nitro benzene ring substituents is 1. The van der Waals surface area contributed by atoms with E-state index in [4.69, 9.17) is 14.7 Å². The Kier molecular flexibility index (Phi) is 6.34. The maximum Gasteiger partial charge on any atom is 0.293 e. The van der Waals surface area contributed by atoms with E-state index in [1.807, 2.05) is 6.07 Å². The number of nitriles is 1. The highest BCUT2D eigenvalue weighted by Gasteiger charge is 2.35. The lowest BCUT2D eigenvalue weighted by Crippen LogP contribution is -2.27. The standard InChI is InChI=1S/C20H15N3O6S/c1-28-17-10-13(5-6-16(17)29-8-7-21)11-18-19(24)22(20(25)30-18)12-14-3-2-4-15(9-14)23(26)27/h2-6,9-11H,8,12H2,1H3/b18-11-. The Balaban J connectivity index is 1.80. The molecule has 0 N–H and O–H groups in total. The molecule has 152 valence electrons. The van der Waals surface area contributed by atoms with Gasteiger partial charge in [-0.1, -0.05) is 18.2 Å². The minimum atomic E-state index is -0.533. The summed E-state index contributed by atoms with van der Waals surface area (Å²) in [5, 5.41) is 19.1. The molecule has 30 heavy (non-hydrogen) atoms. The Labute approximate surface area is 175 Å². The van der Waals surface area contributed by atoms with Crippen LogP contribution in [0.4, 0.5) is 10.5 Å². The molecular weight excluding hydrogens is 410 g/mol. The fourth-order valence-corrected chi connectivity index (χ4v) is 3.58. The molecule has 0 spiro atoms. The molecule has 9 nitrogen and oxygen atoms in total. The van der Waals surface area contributed by atoms with Gasteiger partial charge in [0, 0.05) is 12.1 Å². The van der Waals surface area contributed by atoms with E-state index in [0.29, 0.717) is 22.6 Å². The number of carbonyl (C=O) groups is 2. The maximum absolute atomic E-state index is 12.7. The molecule has 1 aliphatic heterocycles. The van der Waals surface area contributed by atoms with Gasteiger partial charge in [0.2, 0.25) is 0 Å². The molecule has 2 amide bonds. The number of nitro groups is 1. The van der Waals surface area contributed by atoms with Crippen molar-refractivity contribution >= 4 is 34.7 Å². The third-order valence-electron chi connectivity index (χ3n) is 4.11. The summed E-state index contributed by atoms with van der Waals surface area (Å²) < 4.78 is 10.5. The minimum absolute atomic E-state index is 0.0616. The van der Waals surface area contributed by atoms with E-state index in [9.17, 15) is 19.7 Å². The highest BCUT2D eigenvalue weighted by Crippen LogP contribution is 2.35. The summed E-state index contributed by atoms with van der Waals surface area (Å²) in [7, 11) is 1.45. The number of nitrogens with zero attached hydrogens (tertiary/aromatic N) is 3. The molecule has 1 heterocycles. The van der Waals surface area contributed by atoms with Crippen molar-refractivity contribution in [2.45, 2.75) is 6.54 Å². The van der Waals surface area contributed by atoms with Crippen LogP contribution in [-0.2, 0) is 11.3 Å². The van der Waals surface area contributed by atoms with Crippen molar-refractivity contribution < 1.29 is 24.0 Å². The Morgan fingerprint density at radius 2 is 2.03 bits per heavy atom. The number of benzene rings is 2. The van der Waals surface area contributed by atoms with Crippen LogP contribution in [0.1, 0.15) is 11.1 Å². The van der Waals surface area contributed by atoms with Crippen LogP contribution in [0.2, 0.25) is 0 Å². The van der Waals surface area contributed by atoms with Gasteiger partial charge in [-0.3, -0.25) is 24.6 Å². The number of carbonyl (C=O) groups excluding carboxylic acids is 2. The van der Waals surface area contributed by atoms with Gasteiger partial charge in [0.15, 0.2) is 18.1 Å². The number of imide groups is 1. The molecule has 1 fully saturated rings. The van der Waals surface area contributed by atoms with Crippen LogP contribution in [0, 0.1) is 21.4 Å². The SMILES string of the molecule is COc1cc(/C=C2\SC(=O)N(Cc3cccc([N+](=O)[O-])c3)C2=O)ccc1OCC#N. The van der Waals surface area contributed by atoms with E-state index in [2.05, 4.69) is 0 Å². The summed E-state index contributed by atoms with van der Waals surface area (Å²) in [4.78, 5) is 36.7. The van der Waals surface area contributed by atoms with Gasteiger partial charge in [-0.25, -0.2) is 0 Å². The zero-order chi connectivity index (χ0) is 21.7. The van der Waals surface area contributed by atoms with Gasteiger partial charge in [-0.05, 0) is 41.1 Å². The molecule has 1 saturated heterocycles. The van der Waals surface area contributed by atoms with E-state index in [1.54, 1.807) is 30.3 Å². The molecule has 0 bridgehead atoms. The summed E-state index contributed by atoms with van der Waals surface area (Å²) in [6.45, 7) is -0.194. The Hall–Kier alpha value is -3.84. The average Bonchev–Trinajstić information content (AvgIpc) is 3.00. The molecule has 0 saturated carbocycles. The molecule has 10 heteroatoms. The fraction of sp³-hybridized carbons (Fsp3) is 0.150. The average molecular weight is 425 g/mol. The predicted octanol–water partition coefficient (Wildman–Crippen LogP) is 3.74. The zero-order valence-corrected chi connectivity index (χ0v) is 16.5. The van der Waals surface area contributed by atoms with E-state index >= 15 is 0 Å². The van der Waals surface area contributed by atoms with E-state index in [0.717, 1.165) is 16.7 Å². The summed E-state index contributed by atoms with van der Waals surface area (Å²) in [5.41, 5.74) is 0.978. The van der Waals surface area contributed by atoms with Gasteiger partial charge >= 0.3 is 0 Å². The van der Waals surface area contributed by atoms with Crippen LogP contribution < -0.4 is 9.47 Å². The lowest BCUT2D eigenvalue weighted by molar-refractivity contribution is -0.384. The number of methoxy groups -OCH3 is 1. The third kappa shape index (κ3) is 4.59. The van der Waals surface area contributed by atoms with Crippen molar-refractivity contribution in [3.8, 4) is 17.6 Å². The van der Waals surface area contributed by atoms with Gasteiger partial charge in [0.25, 0.3) is 16.8 Å². The molecule has 3 rings (SSSR count). The zero-order valence-electron chi connectivity index (χ0n) is 15.7. The third-order valence-corrected chi connectivity index (χ3v) is 5.02. The van der Waals surface area contributed by atoms with Gasteiger partial charge in [-0.2, -0.15) is 5.26 Å². The summed E-state index contributed by atoms with van der Waals surface area (Å²) in [6.07, 6.45) is 1.55. The molecule has 2 aromatic carbocycles. The first-order valence-corrected chi connectivity index (χ1v) is 9.41. The largest absolute Gasteiger partial charge is 0.493 e. The number of ether oxygens (including phenoxy) is 2.